The number of fused-ring (bicyclic) bond motifs is 1. The van der Waals surface area contributed by atoms with E-state index in [9.17, 15) is 4.39 Å². The van der Waals surface area contributed by atoms with Gasteiger partial charge >= 0.3 is 0 Å². The molecule has 3 rings (SSSR count). The van der Waals surface area contributed by atoms with Gasteiger partial charge in [0.05, 0.1) is 11.0 Å². The Bertz CT molecular complexity index is 769. The Kier molecular flexibility index (Phi) is 2.52. The summed E-state index contributed by atoms with van der Waals surface area (Å²) in [5, 5.41) is 0. The highest BCUT2D eigenvalue weighted by atomic mass is 32.1. The minimum Gasteiger partial charge on any atom is -0.330 e. The third-order valence-corrected chi connectivity index (χ3v) is 3.21. The summed E-state index contributed by atoms with van der Waals surface area (Å²) in [4.78, 5) is 3.15. The summed E-state index contributed by atoms with van der Waals surface area (Å²) in [6, 6.07) is 12.4. The van der Waals surface area contributed by atoms with Crippen LogP contribution in [-0.4, -0.2) is 9.55 Å². The minimum atomic E-state index is -0.249. The lowest BCUT2D eigenvalue weighted by Crippen LogP contribution is -1.94. The minimum absolute atomic E-state index is 0.249. The number of aromatic amines is 1. The number of halogens is 1. The van der Waals surface area contributed by atoms with Gasteiger partial charge in [-0.2, -0.15) is 0 Å². The average molecular weight is 258 g/mol. The number of hydrogen-bond donors (Lipinski definition) is 1. The van der Waals surface area contributed by atoms with Crippen LogP contribution in [0.1, 0.15) is 5.56 Å². The zero-order valence-electron chi connectivity index (χ0n) is 9.77. The zero-order valence-corrected chi connectivity index (χ0v) is 10.6. The van der Waals surface area contributed by atoms with Gasteiger partial charge in [-0.05, 0) is 61.1 Å². The van der Waals surface area contributed by atoms with Crippen molar-refractivity contribution >= 4 is 23.3 Å². The van der Waals surface area contributed by atoms with Crippen LogP contribution in [0.4, 0.5) is 4.39 Å². The Balaban J connectivity index is 2.34. The zero-order chi connectivity index (χ0) is 12.7. The van der Waals surface area contributed by atoms with Crippen LogP contribution in [0.25, 0.3) is 16.7 Å². The highest BCUT2D eigenvalue weighted by Gasteiger charge is 2.06. The normalized spacial score (nSPS) is 11.0. The van der Waals surface area contributed by atoms with E-state index in [1.165, 1.54) is 12.1 Å². The van der Waals surface area contributed by atoms with Crippen LogP contribution in [0.15, 0.2) is 42.5 Å². The fraction of sp³-hybridized carbons (Fsp3) is 0.0714. The van der Waals surface area contributed by atoms with E-state index in [2.05, 4.69) is 11.1 Å². The van der Waals surface area contributed by atoms with Gasteiger partial charge in [-0.3, -0.25) is 4.57 Å². The topological polar surface area (TPSA) is 20.7 Å². The molecule has 0 atom stereocenters. The third kappa shape index (κ3) is 1.75. The molecule has 0 radical (unpaired) electrons. The van der Waals surface area contributed by atoms with Gasteiger partial charge in [-0.25, -0.2) is 4.39 Å². The molecule has 0 amide bonds. The molecule has 2 aromatic carbocycles. The van der Waals surface area contributed by atoms with Gasteiger partial charge in [-0.1, -0.05) is 6.07 Å². The largest absolute Gasteiger partial charge is 0.330 e. The quantitative estimate of drug-likeness (QED) is 0.651. The van der Waals surface area contributed by atoms with E-state index in [1.54, 1.807) is 12.1 Å². The summed E-state index contributed by atoms with van der Waals surface area (Å²) in [6.45, 7) is 2.03. The van der Waals surface area contributed by atoms with Crippen molar-refractivity contribution in [3.8, 4) is 5.69 Å². The van der Waals surface area contributed by atoms with Crippen LogP contribution in [0.2, 0.25) is 0 Å². The van der Waals surface area contributed by atoms with Crippen LogP contribution in [0.5, 0.6) is 0 Å². The van der Waals surface area contributed by atoms with Crippen molar-refractivity contribution < 1.29 is 4.39 Å². The molecule has 0 saturated carbocycles. The number of nitrogens with one attached hydrogen (secondary N) is 1. The van der Waals surface area contributed by atoms with Crippen molar-refractivity contribution in [1.82, 2.24) is 9.55 Å². The van der Waals surface area contributed by atoms with E-state index in [0.717, 1.165) is 22.3 Å². The number of H-pyrrole nitrogens is 1. The third-order valence-electron chi connectivity index (χ3n) is 2.92. The van der Waals surface area contributed by atoms with Crippen molar-refractivity contribution in [3.05, 3.63) is 58.6 Å². The van der Waals surface area contributed by atoms with Gasteiger partial charge in [0.1, 0.15) is 5.82 Å². The second kappa shape index (κ2) is 4.07. The Labute approximate surface area is 109 Å². The molecule has 0 unspecified atom stereocenters. The van der Waals surface area contributed by atoms with Crippen molar-refractivity contribution in [1.29, 1.82) is 0 Å². The lowest BCUT2D eigenvalue weighted by atomic mass is 10.2. The van der Waals surface area contributed by atoms with Gasteiger partial charge in [0.15, 0.2) is 4.77 Å². The van der Waals surface area contributed by atoms with Crippen LogP contribution in [0, 0.1) is 17.5 Å². The fourth-order valence-corrected chi connectivity index (χ4v) is 2.37. The van der Waals surface area contributed by atoms with Gasteiger partial charge in [0.25, 0.3) is 0 Å². The van der Waals surface area contributed by atoms with Crippen molar-refractivity contribution in [2.45, 2.75) is 6.92 Å². The summed E-state index contributed by atoms with van der Waals surface area (Å²) < 4.78 is 15.5. The van der Waals surface area contributed by atoms with E-state index >= 15 is 0 Å². The maximum absolute atomic E-state index is 13.0. The van der Waals surface area contributed by atoms with E-state index < -0.39 is 0 Å². The lowest BCUT2D eigenvalue weighted by molar-refractivity contribution is 0.627. The molecule has 1 heterocycles. The van der Waals surface area contributed by atoms with Gasteiger partial charge in [0.2, 0.25) is 0 Å². The molecule has 0 aliphatic rings. The molecule has 0 bridgehead atoms. The highest BCUT2D eigenvalue weighted by molar-refractivity contribution is 7.71. The summed E-state index contributed by atoms with van der Waals surface area (Å²) in [6.07, 6.45) is 0. The van der Waals surface area contributed by atoms with E-state index in [-0.39, 0.29) is 5.82 Å². The van der Waals surface area contributed by atoms with Crippen LogP contribution < -0.4 is 0 Å². The SMILES string of the molecule is Cc1ccc2[nH]c(=S)n(-c3ccc(F)cc3)c2c1. The predicted octanol–water partition coefficient (Wildman–Crippen LogP) is 4.14. The van der Waals surface area contributed by atoms with E-state index in [1.807, 2.05) is 23.6 Å². The first-order valence-electron chi connectivity index (χ1n) is 5.62. The van der Waals surface area contributed by atoms with Crippen molar-refractivity contribution in [2.24, 2.45) is 0 Å². The monoisotopic (exact) mass is 258 g/mol. The van der Waals surface area contributed by atoms with Crippen LogP contribution in [0.3, 0.4) is 0 Å². The second-order valence-corrected chi connectivity index (χ2v) is 4.65. The summed E-state index contributed by atoms with van der Waals surface area (Å²) in [5.41, 5.74) is 4.01. The molecule has 90 valence electrons. The number of aromatic nitrogens is 2. The Morgan fingerprint density at radius 3 is 2.56 bits per heavy atom. The second-order valence-electron chi connectivity index (χ2n) is 4.26. The summed E-state index contributed by atoms with van der Waals surface area (Å²) in [5.74, 6) is -0.249. The predicted molar refractivity (Wildman–Crippen MR) is 73.2 cm³/mol. The maximum atomic E-state index is 13.0. The first-order valence-corrected chi connectivity index (χ1v) is 6.03. The van der Waals surface area contributed by atoms with Gasteiger partial charge < -0.3 is 4.98 Å². The van der Waals surface area contributed by atoms with Crippen LogP contribution >= 0.6 is 12.2 Å². The standard InChI is InChI=1S/C14H11FN2S/c1-9-2-7-12-13(8-9)17(14(18)16-12)11-5-3-10(15)4-6-11/h2-8H,1H3,(H,16,18). The van der Waals surface area contributed by atoms with E-state index in [4.69, 9.17) is 12.2 Å². The number of nitrogens with zero attached hydrogens (tertiary/aromatic N) is 1. The highest BCUT2D eigenvalue weighted by Crippen LogP contribution is 2.20. The molecule has 0 aliphatic heterocycles. The Hall–Kier alpha value is -1.94. The average Bonchev–Trinajstić information content (AvgIpc) is 2.66. The molecule has 4 heteroatoms. The molecule has 1 N–H and O–H groups in total. The molecular formula is C14H11FN2S. The molecule has 1 aromatic heterocycles. The number of imidazole rings is 1. The van der Waals surface area contributed by atoms with Crippen molar-refractivity contribution in [2.75, 3.05) is 0 Å². The molecular weight excluding hydrogens is 247 g/mol. The number of aryl methyl sites for hydroxylation is 1. The molecule has 0 spiro atoms. The Morgan fingerprint density at radius 1 is 1.11 bits per heavy atom. The molecule has 0 aliphatic carbocycles. The maximum Gasteiger partial charge on any atom is 0.182 e. The molecule has 0 saturated heterocycles. The number of benzene rings is 2. The van der Waals surface area contributed by atoms with Crippen molar-refractivity contribution in [3.63, 3.8) is 0 Å². The molecule has 2 nitrogen and oxygen atoms in total. The molecule has 0 fully saturated rings. The number of hydrogen-bond acceptors (Lipinski definition) is 1. The first-order chi connectivity index (χ1) is 8.65. The summed E-state index contributed by atoms with van der Waals surface area (Å²) in [7, 11) is 0. The van der Waals surface area contributed by atoms with Gasteiger partial charge in [-0.15, -0.1) is 0 Å². The summed E-state index contributed by atoms with van der Waals surface area (Å²) >= 11 is 5.32. The molecule has 3 aromatic rings. The fourth-order valence-electron chi connectivity index (χ4n) is 2.06. The van der Waals surface area contributed by atoms with Crippen LogP contribution in [-0.2, 0) is 0 Å². The smallest absolute Gasteiger partial charge is 0.182 e. The Morgan fingerprint density at radius 2 is 1.83 bits per heavy atom. The van der Waals surface area contributed by atoms with Gasteiger partial charge in [0, 0.05) is 5.69 Å². The molecule has 18 heavy (non-hydrogen) atoms. The number of rotatable bonds is 1. The first kappa shape index (κ1) is 11.2. The van der Waals surface area contributed by atoms with E-state index in [0.29, 0.717) is 4.77 Å². The lowest BCUT2D eigenvalue weighted by Gasteiger charge is -2.04.